The highest BCUT2D eigenvalue weighted by Gasteiger charge is 2.26. The summed E-state index contributed by atoms with van der Waals surface area (Å²) in [6.45, 7) is 1.59. The molecule has 0 unspecified atom stereocenters. The molecule has 0 fully saturated rings. The van der Waals surface area contributed by atoms with Crippen molar-refractivity contribution in [2.45, 2.75) is 23.1 Å². The predicted octanol–water partition coefficient (Wildman–Crippen LogP) is 2.84. The molecule has 2 atom stereocenters. The molecule has 0 radical (unpaired) electrons. The summed E-state index contributed by atoms with van der Waals surface area (Å²) in [4.78, 5) is 0. The smallest absolute Gasteiger partial charge is 0.250 e. The molecule has 114 valence electrons. The van der Waals surface area contributed by atoms with Gasteiger partial charge in [-0.25, -0.2) is 13.1 Å². The molecule has 0 aliphatic rings. The monoisotopic (exact) mass is 345 g/mol. The van der Waals surface area contributed by atoms with Crippen molar-refractivity contribution < 1.29 is 13.5 Å². The second kappa shape index (κ2) is 6.89. The number of aliphatic hydroxyl groups is 1. The zero-order chi connectivity index (χ0) is 15.5. The molecule has 21 heavy (non-hydrogen) atoms. The van der Waals surface area contributed by atoms with Crippen molar-refractivity contribution in [3.05, 3.63) is 52.4 Å². The normalized spacial score (nSPS) is 14.8. The van der Waals surface area contributed by atoms with Gasteiger partial charge in [-0.05, 0) is 23.6 Å². The second-order valence-electron chi connectivity index (χ2n) is 4.67. The summed E-state index contributed by atoms with van der Waals surface area (Å²) < 4.78 is 27.7. The van der Waals surface area contributed by atoms with Gasteiger partial charge in [0.25, 0.3) is 0 Å². The molecule has 0 spiro atoms. The Kier molecular flexibility index (Phi) is 5.40. The van der Waals surface area contributed by atoms with E-state index in [-0.39, 0.29) is 16.7 Å². The standard InChI is InChI=1S/C14H16ClNO3S2/c1-10(11-5-3-2-4-6-11)12(9-17)16-21(18,19)14-8-7-13(15)20-14/h2-8,10,12,16-17H,9H2,1H3/t10-,12+/m0/s1. The number of sulfonamides is 1. The van der Waals surface area contributed by atoms with Gasteiger partial charge in [0.1, 0.15) is 4.21 Å². The van der Waals surface area contributed by atoms with Crippen LogP contribution in [0, 0.1) is 0 Å². The highest BCUT2D eigenvalue weighted by atomic mass is 35.5. The molecule has 2 N–H and O–H groups in total. The minimum Gasteiger partial charge on any atom is -0.395 e. The van der Waals surface area contributed by atoms with Crippen LogP contribution in [0.4, 0.5) is 0 Å². The van der Waals surface area contributed by atoms with E-state index in [1.807, 2.05) is 37.3 Å². The minimum absolute atomic E-state index is 0.145. The van der Waals surface area contributed by atoms with Crippen LogP contribution in [0.1, 0.15) is 18.4 Å². The summed E-state index contributed by atoms with van der Waals surface area (Å²) in [6.07, 6.45) is 0. The van der Waals surface area contributed by atoms with Gasteiger partial charge in [-0.15, -0.1) is 11.3 Å². The van der Waals surface area contributed by atoms with E-state index in [9.17, 15) is 13.5 Å². The summed E-state index contributed by atoms with van der Waals surface area (Å²) in [7, 11) is -3.68. The molecule has 0 saturated carbocycles. The van der Waals surface area contributed by atoms with Gasteiger partial charge in [0.15, 0.2) is 0 Å². The second-order valence-corrected chi connectivity index (χ2v) is 8.32. The Labute approximate surface area is 133 Å². The first-order valence-electron chi connectivity index (χ1n) is 6.37. The molecule has 4 nitrogen and oxygen atoms in total. The number of hydrogen-bond acceptors (Lipinski definition) is 4. The fourth-order valence-electron chi connectivity index (χ4n) is 1.99. The number of thiophene rings is 1. The fourth-order valence-corrected chi connectivity index (χ4v) is 4.79. The molecule has 0 aliphatic carbocycles. The molecule has 0 amide bonds. The molecule has 1 heterocycles. The van der Waals surface area contributed by atoms with Gasteiger partial charge in [-0.1, -0.05) is 48.9 Å². The summed E-state index contributed by atoms with van der Waals surface area (Å²) in [5.41, 5.74) is 0.962. The maximum absolute atomic E-state index is 12.3. The van der Waals surface area contributed by atoms with E-state index in [0.29, 0.717) is 4.34 Å². The largest absolute Gasteiger partial charge is 0.395 e. The van der Waals surface area contributed by atoms with Gasteiger partial charge >= 0.3 is 0 Å². The van der Waals surface area contributed by atoms with E-state index in [1.165, 1.54) is 12.1 Å². The molecular formula is C14H16ClNO3S2. The maximum Gasteiger partial charge on any atom is 0.250 e. The molecule has 2 aromatic rings. The number of aliphatic hydroxyl groups excluding tert-OH is 1. The lowest BCUT2D eigenvalue weighted by atomic mass is 9.94. The lowest BCUT2D eigenvalue weighted by Crippen LogP contribution is -2.40. The zero-order valence-corrected chi connectivity index (χ0v) is 13.8. The third-order valence-electron chi connectivity index (χ3n) is 3.25. The van der Waals surface area contributed by atoms with Crippen LogP contribution < -0.4 is 4.72 Å². The Morgan fingerprint density at radius 2 is 1.90 bits per heavy atom. The fraction of sp³-hybridized carbons (Fsp3) is 0.286. The van der Waals surface area contributed by atoms with Gasteiger partial charge in [0, 0.05) is 0 Å². The summed E-state index contributed by atoms with van der Waals surface area (Å²) in [5.74, 6) is -0.151. The highest BCUT2D eigenvalue weighted by molar-refractivity contribution is 7.91. The number of halogens is 1. The Morgan fingerprint density at radius 1 is 1.24 bits per heavy atom. The van der Waals surface area contributed by atoms with Crippen LogP contribution in [0.25, 0.3) is 0 Å². The Balaban J connectivity index is 2.19. The third-order valence-corrected chi connectivity index (χ3v) is 6.46. The molecular weight excluding hydrogens is 330 g/mol. The lowest BCUT2D eigenvalue weighted by Gasteiger charge is -2.23. The Bertz CT molecular complexity index is 685. The average Bonchev–Trinajstić information content (AvgIpc) is 2.92. The van der Waals surface area contributed by atoms with E-state index >= 15 is 0 Å². The molecule has 1 aromatic carbocycles. The van der Waals surface area contributed by atoms with Crippen LogP contribution in [0.3, 0.4) is 0 Å². The van der Waals surface area contributed by atoms with E-state index in [0.717, 1.165) is 16.9 Å². The Hall–Kier alpha value is -0.920. The van der Waals surface area contributed by atoms with Gasteiger partial charge in [0.05, 0.1) is 17.0 Å². The molecule has 0 aliphatic heterocycles. The van der Waals surface area contributed by atoms with Crippen molar-refractivity contribution in [2.24, 2.45) is 0 Å². The minimum atomic E-state index is -3.68. The van der Waals surface area contributed by atoms with Gasteiger partial charge in [-0.3, -0.25) is 0 Å². The third kappa shape index (κ3) is 4.05. The van der Waals surface area contributed by atoms with Crippen LogP contribution in [-0.2, 0) is 10.0 Å². The van der Waals surface area contributed by atoms with Gasteiger partial charge in [0.2, 0.25) is 10.0 Å². The number of rotatable bonds is 6. The van der Waals surface area contributed by atoms with Crippen LogP contribution in [0.2, 0.25) is 4.34 Å². The van der Waals surface area contributed by atoms with Crippen molar-refractivity contribution in [1.29, 1.82) is 0 Å². The number of hydrogen-bond donors (Lipinski definition) is 2. The van der Waals surface area contributed by atoms with Crippen LogP contribution in [0.15, 0.2) is 46.7 Å². The summed E-state index contributed by atoms with van der Waals surface area (Å²) >= 11 is 6.76. The SMILES string of the molecule is C[C@@H](c1ccccc1)[C@@H](CO)NS(=O)(=O)c1ccc(Cl)s1. The van der Waals surface area contributed by atoms with Crippen LogP contribution in [-0.4, -0.2) is 26.2 Å². The predicted molar refractivity (Wildman–Crippen MR) is 85.4 cm³/mol. The highest BCUT2D eigenvalue weighted by Crippen LogP contribution is 2.27. The van der Waals surface area contributed by atoms with Crippen molar-refractivity contribution in [2.75, 3.05) is 6.61 Å². The quantitative estimate of drug-likeness (QED) is 0.846. The zero-order valence-electron chi connectivity index (χ0n) is 11.4. The first-order chi connectivity index (χ1) is 9.94. The first kappa shape index (κ1) is 16.5. The molecule has 1 aromatic heterocycles. The molecule has 0 bridgehead atoms. The summed E-state index contributed by atoms with van der Waals surface area (Å²) in [5, 5.41) is 9.52. The van der Waals surface area contributed by atoms with Gasteiger partial charge < -0.3 is 5.11 Å². The summed E-state index contributed by atoms with van der Waals surface area (Å²) in [6, 6.07) is 11.9. The van der Waals surface area contributed by atoms with Crippen molar-refractivity contribution in [3.63, 3.8) is 0 Å². The van der Waals surface area contributed by atoms with Crippen LogP contribution >= 0.6 is 22.9 Å². The maximum atomic E-state index is 12.3. The van der Waals surface area contributed by atoms with Crippen LogP contribution in [0.5, 0.6) is 0 Å². The van der Waals surface area contributed by atoms with E-state index in [1.54, 1.807) is 0 Å². The average molecular weight is 346 g/mol. The lowest BCUT2D eigenvalue weighted by molar-refractivity contribution is 0.242. The molecule has 2 rings (SSSR count). The van der Waals surface area contributed by atoms with E-state index < -0.39 is 16.1 Å². The number of benzene rings is 1. The first-order valence-corrected chi connectivity index (χ1v) is 9.05. The molecule has 7 heteroatoms. The van der Waals surface area contributed by atoms with Crippen molar-refractivity contribution in [3.8, 4) is 0 Å². The number of nitrogens with one attached hydrogen (secondary N) is 1. The Morgan fingerprint density at radius 3 is 2.43 bits per heavy atom. The van der Waals surface area contributed by atoms with E-state index in [2.05, 4.69) is 4.72 Å². The van der Waals surface area contributed by atoms with Gasteiger partial charge in [-0.2, -0.15) is 0 Å². The topological polar surface area (TPSA) is 66.4 Å². The van der Waals surface area contributed by atoms with E-state index in [4.69, 9.17) is 11.6 Å². The van der Waals surface area contributed by atoms with Crippen molar-refractivity contribution in [1.82, 2.24) is 4.72 Å². The van der Waals surface area contributed by atoms with Crippen molar-refractivity contribution >= 4 is 33.0 Å². The molecule has 0 saturated heterocycles.